The van der Waals surface area contributed by atoms with Crippen LogP contribution in [0, 0.1) is 11.3 Å². The van der Waals surface area contributed by atoms with Crippen LogP contribution in [0.4, 0.5) is 5.13 Å². The molecule has 1 fully saturated rings. The molecule has 6 heteroatoms. The number of aromatic nitrogens is 1. The van der Waals surface area contributed by atoms with E-state index in [0.717, 1.165) is 43.6 Å². The van der Waals surface area contributed by atoms with E-state index in [-0.39, 0.29) is 0 Å². The summed E-state index contributed by atoms with van der Waals surface area (Å²) in [4.78, 5) is 9.09. The van der Waals surface area contributed by atoms with Crippen molar-refractivity contribution < 1.29 is 4.74 Å². The van der Waals surface area contributed by atoms with Gasteiger partial charge in [-0.05, 0) is 18.2 Å². The topological polar surface area (TPSA) is 52.4 Å². The molecule has 2 aromatic rings. The minimum absolute atomic E-state index is 0.634. The molecular weight excluding hydrogens is 296 g/mol. The Morgan fingerprint density at radius 3 is 2.86 bits per heavy atom. The number of piperazine rings is 1. The van der Waals surface area contributed by atoms with Crippen LogP contribution in [0.5, 0.6) is 5.75 Å². The van der Waals surface area contributed by atoms with Gasteiger partial charge >= 0.3 is 0 Å². The number of ether oxygens (including phenoxy) is 1. The zero-order valence-corrected chi connectivity index (χ0v) is 13.1. The monoisotopic (exact) mass is 314 g/mol. The molecule has 22 heavy (non-hydrogen) atoms. The smallest absolute Gasteiger partial charge is 0.185 e. The number of hydrogen-bond donors (Lipinski definition) is 0. The average molecular weight is 314 g/mol. The largest absolute Gasteiger partial charge is 0.492 e. The SMILES string of the molecule is N#Cc1cccc(OCCN2CCN(c3nccs3)CC2)c1. The molecule has 0 saturated carbocycles. The van der Waals surface area contributed by atoms with Gasteiger partial charge in [-0.3, -0.25) is 4.90 Å². The van der Waals surface area contributed by atoms with Crippen molar-refractivity contribution in [3.8, 4) is 11.8 Å². The molecule has 5 nitrogen and oxygen atoms in total. The van der Waals surface area contributed by atoms with E-state index in [9.17, 15) is 0 Å². The third-order valence-electron chi connectivity index (χ3n) is 3.70. The van der Waals surface area contributed by atoms with Gasteiger partial charge in [-0.1, -0.05) is 6.07 Å². The number of benzene rings is 1. The van der Waals surface area contributed by atoms with Gasteiger partial charge in [-0.15, -0.1) is 11.3 Å². The molecule has 3 rings (SSSR count). The second-order valence-electron chi connectivity index (χ2n) is 5.13. The Kier molecular flexibility index (Phi) is 4.88. The lowest BCUT2D eigenvalue weighted by Crippen LogP contribution is -2.47. The summed E-state index contributed by atoms with van der Waals surface area (Å²) in [6.45, 7) is 5.63. The van der Waals surface area contributed by atoms with E-state index in [1.54, 1.807) is 23.5 Å². The van der Waals surface area contributed by atoms with E-state index in [0.29, 0.717) is 12.2 Å². The highest BCUT2D eigenvalue weighted by molar-refractivity contribution is 7.13. The number of anilines is 1. The second kappa shape index (κ2) is 7.25. The summed E-state index contributed by atoms with van der Waals surface area (Å²) in [5.74, 6) is 0.764. The van der Waals surface area contributed by atoms with Crippen LogP contribution in [0.2, 0.25) is 0 Å². The number of nitriles is 1. The van der Waals surface area contributed by atoms with E-state index in [1.165, 1.54) is 0 Å². The number of hydrogen-bond acceptors (Lipinski definition) is 6. The molecule has 0 amide bonds. The van der Waals surface area contributed by atoms with Crippen molar-refractivity contribution in [1.29, 1.82) is 5.26 Å². The van der Waals surface area contributed by atoms with Gasteiger partial charge in [0.15, 0.2) is 5.13 Å². The molecule has 0 unspecified atom stereocenters. The molecule has 1 aliphatic rings. The van der Waals surface area contributed by atoms with Crippen molar-refractivity contribution in [1.82, 2.24) is 9.88 Å². The van der Waals surface area contributed by atoms with E-state index in [1.807, 2.05) is 23.7 Å². The maximum atomic E-state index is 8.87. The first-order chi connectivity index (χ1) is 10.8. The van der Waals surface area contributed by atoms with Gasteiger partial charge in [0.2, 0.25) is 0 Å². The fourth-order valence-electron chi connectivity index (χ4n) is 2.48. The van der Waals surface area contributed by atoms with E-state index in [4.69, 9.17) is 10.00 Å². The van der Waals surface area contributed by atoms with Gasteiger partial charge < -0.3 is 9.64 Å². The Labute approximate surface area is 134 Å². The van der Waals surface area contributed by atoms with Gasteiger partial charge in [-0.25, -0.2) is 4.98 Å². The summed E-state index contributed by atoms with van der Waals surface area (Å²) < 4.78 is 5.73. The maximum absolute atomic E-state index is 8.87. The van der Waals surface area contributed by atoms with E-state index < -0.39 is 0 Å². The van der Waals surface area contributed by atoms with Crippen LogP contribution in [0.15, 0.2) is 35.8 Å². The third kappa shape index (κ3) is 3.75. The Morgan fingerprint density at radius 2 is 2.14 bits per heavy atom. The highest BCUT2D eigenvalue weighted by Gasteiger charge is 2.18. The summed E-state index contributed by atoms with van der Waals surface area (Å²) in [6.07, 6.45) is 1.86. The van der Waals surface area contributed by atoms with Gasteiger partial charge in [0, 0.05) is 44.3 Å². The highest BCUT2D eigenvalue weighted by Crippen LogP contribution is 2.19. The quantitative estimate of drug-likeness (QED) is 0.847. The number of thiazole rings is 1. The van der Waals surface area contributed by atoms with Crippen LogP contribution < -0.4 is 9.64 Å². The molecule has 0 bridgehead atoms. The molecule has 0 N–H and O–H groups in total. The summed E-state index contributed by atoms with van der Waals surface area (Å²) in [7, 11) is 0. The first-order valence-corrected chi connectivity index (χ1v) is 8.23. The Morgan fingerprint density at radius 1 is 1.27 bits per heavy atom. The zero-order valence-electron chi connectivity index (χ0n) is 12.3. The summed E-state index contributed by atoms with van der Waals surface area (Å²) in [5.41, 5.74) is 0.634. The summed E-state index contributed by atoms with van der Waals surface area (Å²) in [6, 6.07) is 9.42. The standard InChI is InChI=1S/C16H18N4OS/c17-13-14-2-1-3-15(12-14)21-10-9-19-5-7-20(8-6-19)16-18-4-11-22-16/h1-4,11-12H,5-10H2. The zero-order chi connectivity index (χ0) is 15.2. The maximum Gasteiger partial charge on any atom is 0.185 e. The average Bonchev–Trinajstić information content (AvgIpc) is 3.10. The van der Waals surface area contributed by atoms with Crippen molar-refractivity contribution in [2.24, 2.45) is 0 Å². The van der Waals surface area contributed by atoms with Crippen LogP contribution in [0.25, 0.3) is 0 Å². The third-order valence-corrected chi connectivity index (χ3v) is 4.53. The number of nitrogens with zero attached hydrogens (tertiary/aromatic N) is 4. The number of rotatable bonds is 5. The van der Waals surface area contributed by atoms with Crippen LogP contribution in [-0.2, 0) is 0 Å². The lowest BCUT2D eigenvalue weighted by molar-refractivity contribution is 0.200. The van der Waals surface area contributed by atoms with Crippen LogP contribution >= 0.6 is 11.3 Å². The molecule has 1 saturated heterocycles. The first kappa shape index (κ1) is 14.8. The summed E-state index contributed by atoms with van der Waals surface area (Å²) in [5, 5.41) is 12.0. The van der Waals surface area contributed by atoms with Crippen molar-refractivity contribution in [2.45, 2.75) is 0 Å². The second-order valence-corrected chi connectivity index (χ2v) is 6.00. The molecule has 1 aliphatic heterocycles. The molecule has 0 aliphatic carbocycles. The molecule has 1 aromatic carbocycles. The van der Waals surface area contributed by atoms with Crippen molar-refractivity contribution in [3.63, 3.8) is 0 Å². The molecule has 0 radical (unpaired) electrons. The Bertz CT molecular complexity index is 630. The van der Waals surface area contributed by atoms with Crippen molar-refractivity contribution >= 4 is 16.5 Å². The minimum Gasteiger partial charge on any atom is -0.492 e. The Balaban J connectivity index is 1.41. The fourth-order valence-corrected chi connectivity index (χ4v) is 3.18. The Hall–Kier alpha value is -2.10. The molecule has 2 heterocycles. The van der Waals surface area contributed by atoms with Crippen LogP contribution in [0.3, 0.4) is 0 Å². The predicted octanol–water partition coefficient (Wildman–Crippen LogP) is 2.22. The first-order valence-electron chi connectivity index (χ1n) is 7.35. The molecule has 0 atom stereocenters. The lowest BCUT2D eigenvalue weighted by atomic mass is 10.2. The van der Waals surface area contributed by atoms with Crippen LogP contribution in [0.1, 0.15) is 5.56 Å². The van der Waals surface area contributed by atoms with Gasteiger partial charge in [0.25, 0.3) is 0 Å². The van der Waals surface area contributed by atoms with E-state index >= 15 is 0 Å². The minimum atomic E-state index is 0.634. The van der Waals surface area contributed by atoms with Crippen molar-refractivity contribution in [3.05, 3.63) is 41.4 Å². The van der Waals surface area contributed by atoms with Gasteiger partial charge in [0.05, 0.1) is 11.6 Å². The lowest BCUT2D eigenvalue weighted by Gasteiger charge is -2.34. The highest BCUT2D eigenvalue weighted by atomic mass is 32.1. The van der Waals surface area contributed by atoms with Gasteiger partial charge in [0.1, 0.15) is 12.4 Å². The summed E-state index contributed by atoms with van der Waals surface area (Å²) >= 11 is 1.69. The molecule has 1 aromatic heterocycles. The van der Waals surface area contributed by atoms with Crippen LogP contribution in [-0.4, -0.2) is 49.2 Å². The van der Waals surface area contributed by atoms with E-state index in [2.05, 4.69) is 20.9 Å². The molecular formula is C16H18N4OS. The normalized spacial score (nSPS) is 15.5. The molecule has 114 valence electrons. The van der Waals surface area contributed by atoms with Gasteiger partial charge in [-0.2, -0.15) is 5.26 Å². The van der Waals surface area contributed by atoms with Crippen molar-refractivity contribution in [2.75, 3.05) is 44.2 Å². The predicted molar refractivity (Wildman–Crippen MR) is 87.4 cm³/mol. The fraction of sp³-hybridized carbons (Fsp3) is 0.375. The molecule has 0 spiro atoms.